The molecular formula is C15H16F4N4OS. The van der Waals surface area contributed by atoms with Crippen molar-refractivity contribution in [2.24, 2.45) is 0 Å². The number of carbonyl (C=O) groups excluding carboxylic acids is 1. The van der Waals surface area contributed by atoms with E-state index in [0.717, 1.165) is 6.07 Å². The molecule has 0 bridgehead atoms. The minimum atomic E-state index is -4.86. The molecule has 1 aromatic heterocycles. The van der Waals surface area contributed by atoms with Gasteiger partial charge >= 0.3 is 6.18 Å². The predicted molar refractivity (Wildman–Crippen MR) is 85.2 cm³/mol. The second-order valence-electron chi connectivity index (χ2n) is 5.64. The van der Waals surface area contributed by atoms with Gasteiger partial charge in [0.1, 0.15) is 11.6 Å². The van der Waals surface area contributed by atoms with Crippen LogP contribution in [0.2, 0.25) is 0 Å². The second kappa shape index (κ2) is 7.34. The molecule has 0 atom stereocenters. The molecule has 0 fully saturated rings. The minimum absolute atomic E-state index is 0.107. The number of hydrogen-bond donors (Lipinski definition) is 2. The highest BCUT2D eigenvalue weighted by atomic mass is 32.1. The summed E-state index contributed by atoms with van der Waals surface area (Å²) in [6, 6.07) is 2.12. The molecular weight excluding hydrogens is 360 g/mol. The minimum Gasteiger partial charge on any atom is -0.350 e. The van der Waals surface area contributed by atoms with Crippen LogP contribution in [0.1, 0.15) is 41.5 Å². The summed E-state index contributed by atoms with van der Waals surface area (Å²) in [6.07, 6.45) is -4.86. The van der Waals surface area contributed by atoms with Crippen molar-refractivity contribution in [2.45, 2.75) is 32.5 Å². The van der Waals surface area contributed by atoms with E-state index in [1.54, 1.807) is 4.57 Å². The van der Waals surface area contributed by atoms with E-state index in [0.29, 0.717) is 29.3 Å². The molecule has 2 aromatic rings. The molecule has 2 N–H and O–H groups in total. The lowest BCUT2D eigenvalue weighted by molar-refractivity contribution is -0.140. The first-order chi connectivity index (χ1) is 11.6. The van der Waals surface area contributed by atoms with Crippen LogP contribution in [0.4, 0.5) is 17.6 Å². The molecule has 0 aliphatic rings. The van der Waals surface area contributed by atoms with Gasteiger partial charge in [-0.3, -0.25) is 9.89 Å². The van der Waals surface area contributed by atoms with Gasteiger partial charge in [-0.15, -0.1) is 0 Å². The molecule has 0 unspecified atom stereocenters. The van der Waals surface area contributed by atoms with Gasteiger partial charge in [-0.1, -0.05) is 13.8 Å². The number of alkyl halides is 3. The Bertz CT molecular complexity index is 826. The third-order valence-electron chi connectivity index (χ3n) is 3.46. The zero-order valence-electron chi connectivity index (χ0n) is 13.4. The predicted octanol–water partition coefficient (Wildman–Crippen LogP) is 3.65. The number of carbonyl (C=O) groups is 1. The molecule has 2 rings (SSSR count). The number of aromatic nitrogens is 3. The van der Waals surface area contributed by atoms with Gasteiger partial charge in [-0.2, -0.15) is 18.3 Å². The standard InChI is InChI=1S/C15H16F4N4OS/c1-8(2)12-21-22-14(25)23(12)6-5-20-13(24)9-3-4-11(16)10(7-9)15(17,18)19/h3-4,7-8H,5-6H2,1-2H3,(H,20,24)(H,22,25). The summed E-state index contributed by atoms with van der Waals surface area (Å²) in [5.74, 6) is -1.34. The van der Waals surface area contributed by atoms with Crippen LogP contribution in [-0.4, -0.2) is 27.2 Å². The van der Waals surface area contributed by atoms with E-state index in [9.17, 15) is 22.4 Å². The zero-order valence-corrected chi connectivity index (χ0v) is 14.3. The maximum absolute atomic E-state index is 13.3. The number of nitrogens with zero attached hydrogens (tertiary/aromatic N) is 2. The molecule has 0 saturated heterocycles. The van der Waals surface area contributed by atoms with Gasteiger partial charge in [0.25, 0.3) is 5.91 Å². The van der Waals surface area contributed by atoms with Crippen LogP contribution in [0.5, 0.6) is 0 Å². The van der Waals surface area contributed by atoms with Crippen molar-refractivity contribution in [3.8, 4) is 0 Å². The Labute approximate surface area is 146 Å². The fourth-order valence-electron chi connectivity index (χ4n) is 2.25. The third kappa shape index (κ3) is 4.44. The molecule has 0 aliphatic carbocycles. The quantitative estimate of drug-likeness (QED) is 0.619. The van der Waals surface area contributed by atoms with Crippen LogP contribution in [0, 0.1) is 10.6 Å². The van der Waals surface area contributed by atoms with Gasteiger partial charge in [-0.25, -0.2) is 4.39 Å². The van der Waals surface area contributed by atoms with E-state index in [4.69, 9.17) is 12.2 Å². The van der Waals surface area contributed by atoms with Gasteiger partial charge in [0.15, 0.2) is 4.77 Å². The number of H-pyrrole nitrogens is 1. The Morgan fingerprint density at radius 1 is 1.40 bits per heavy atom. The summed E-state index contributed by atoms with van der Waals surface area (Å²) in [5, 5.41) is 9.23. The lowest BCUT2D eigenvalue weighted by atomic mass is 10.1. The molecule has 1 heterocycles. The molecule has 136 valence electrons. The van der Waals surface area contributed by atoms with Crippen LogP contribution >= 0.6 is 12.2 Å². The second-order valence-corrected chi connectivity index (χ2v) is 6.03. The first-order valence-electron chi connectivity index (χ1n) is 7.41. The first-order valence-corrected chi connectivity index (χ1v) is 7.82. The highest BCUT2D eigenvalue weighted by molar-refractivity contribution is 7.71. The molecule has 1 aromatic carbocycles. The molecule has 25 heavy (non-hydrogen) atoms. The van der Waals surface area contributed by atoms with Crippen molar-refractivity contribution in [1.82, 2.24) is 20.1 Å². The van der Waals surface area contributed by atoms with Gasteiger partial charge in [0.2, 0.25) is 0 Å². The number of benzene rings is 1. The van der Waals surface area contributed by atoms with E-state index in [-0.39, 0.29) is 18.0 Å². The van der Waals surface area contributed by atoms with Gasteiger partial charge in [0, 0.05) is 24.6 Å². The molecule has 0 spiro atoms. The fourth-order valence-corrected chi connectivity index (χ4v) is 2.48. The summed E-state index contributed by atoms with van der Waals surface area (Å²) in [5.41, 5.74) is -1.74. The molecule has 0 saturated carbocycles. The van der Waals surface area contributed by atoms with E-state index in [1.807, 2.05) is 13.8 Å². The number of halogens is 4. The van der Waals surface area contributed by atoms with Gasteiger partial charge < -0.3 is 9.88 Å². The fraction of sp³-hybridized carbons (Fsp3) is 0.400. The molecule has 0 radical (unpaired) electrons. The van der Waals surface area contributed by atoms with Crippen molar-refractivity contribution in [3.63, 3.8) is 0 Å². The van der Waals surface area contributed by atoms with Crippen LogP contribution in [-0.2, 0) is 12.7 Å². The van der Waals surface area contributed by atoms with Crippen molar-refractivity contribution in [1.29, 1.82) is 0 Å². The summed E-state index contributed by atoms with van der Waals surface area (Å²) in [4.78, 5) is 12.0. The summed E-state index contributed by atoms with van der Waals surface area (Å²) in [6.45, 7) is 4.29. The number of amides is 1. The summed E-state index contributed by atoms with van der Waals surface area (Å²) < 4.78 is 53.4. The lowest BCUT2D eigenvalue weighted by Crippen LogP contribution is -2.28. The summed E-state index contributed by atoms with van der Waals surface area (Å²) >= 11 is 5.10. The molecule has 10 heteroatoms. The van der Waals surface area contributed by atoms with Crippen LogP contribution in [0.15, 0.2) is 18.2 Å². The van der Waals surface area contributed by atoms with E-state index in [1.165, 1.54) is 0 Å². The Morgan fingerprint density at radius 3 is 2.68 bits per heavy atom. The largest absolute Gasteiger partial charge is 0.419 e. The third-order valence-corrected chi connectivity index (χ3v) is 3.77. The Balaban J connectivity index is 2.07. The van der Waals surface area contributed by atoms with Crippen molar-refractivity contribution in [3.05, 3.63) is 45.7 Å². The smallest absolute Gasteiger partial charge is 0.350 e. The highest BCUT2D eigenvalue weighted by Crippen LogP contribution is 2.31. The number of hydrogen-bond acceptors (Lipinski definition) is 3. The van der Waals surface area contributed by atoms with Crippen molar-refractivity contribution in [2.75, 3.05) is 6.54 Å². The topological polar surface area (TPSA) is 62.7 Å². The van der Waals surface area contributed by atoms with E-state index in [2.05, 4.69) is 15.5 Å². The van der Waals surface area contributed by atoms with E-state index >= 15 is 0 Å². The Morgan fingerprint density at radius 2 is 2.08 bits per heavy atom. The Kier molecular flexibility index (Phi) is 5.61. The maximum Gasteiger partial charge on any atom is 0.419 e. The van der Waals surface area contributed by atoms with Crippen molar-refractivity contribution < 1.29 is 22.4 Å². The maximum atomic E-state index is 13.3. The normalized spacial score (nSPS) is 11.8. The zero-order chi connectivity index (χ0) is 18.8. The monoisotopic (exact) mass is 376 g/mol. The van der Waals surface area contributed by atoms with Gasteiger partial charge in [0.05, 0.1) is 5.56 Å². The number of aromatic amines is 1. The van der Waals surface area contributed by atoms with Gasteiger partial charge in [-0.05, 0) is 30.4 Å². The van der Waals surface area contributed by atoms with Crippen molar-refractivity contribution >= 4 is 18.1 Å². The highest BCUT2D eigenvalue weighted by Gasteiger charge is 2.34. The molecule has 1 amide bonds. The Hall–Kier alpha value is -2.23. The SMILES string of the molecule is CC(C)c1n[nH]c(=S)n1CCNC(=O)c1ccc(F)c(C(F)(F)F)c1. The molecule has 0 aliphatic heterocycles. The summed E-state index contributed by atoms with van der Waals surface area (Å²) in [7, 11) is 0. The average Bonchev–Trinajstić information content (AvgIpc) is 2.88. The number of nitrogens with one attached hydrogen (secondary N) is 2. The van der Waals surface area contributed by atoms with Crippen LogP contribution in [0.25, 0.3) is 0 Å². The lowest BCUT2D eigenvalue weighted by Gasteiger charge is -2.12. The average molecular weight is 376 g/mol. The number of rotatable bonds is 5. The van der Waals surface area contributed by atoms with Crippen LogP contribution < -0.4 is 5.32 Å². The molecule has 5 nitrogen and oxygen atoms in total. The van der Waals surface area contributed by atoms with Crippen LogP contribution in [0.3, 0.4) is 0 Å². The first kappa shape index (κ1) is 19.1. The van der Waals surface area contributed by atoms with E-state index < -0.39 is 23.5 Å².